The molecule has 3 N–H and O–H groups in total. The average molecular weight is 460 g/mol. The molecule has 3 amide bonds. The third-order valence-corrected chi connectivity index (χ3v) is 8.01. The summed E-state index contributed by atoms with van der Waals surface area (Å²) in [4.78, 5) is 41.5. The van der Waals surface area contributed by atoms with Crippen molar-refractivity contribution >= 4 is 33.7 Å². The molecular formula is C27H29N3O4. The van der Waals surface area contributed by atoms with E-state index in [9.17, 15) is 14.4 Å². The number of para-hydroxylation sites is 1. The molecule has 0 spiro atoms. The third kappa shape index (κ3) is 3.73. The quantitative estimate of drug-likeness (QED) is 0.508. The number of carbonyl (C=O) groups excluding carboxylic acids is 2. The van der Waals surface area contributed by atoms with Gasteiger partial charge in [0.1, 0.15) is 5.75 Å². The van der Waals surface area contributed by atoms with Crippen molar-refractivity contribution in [3.63, 3.8) is 0 Å². The highest BCUT2D eigenvalue weighted by Gasteiger charge is 2.51. The van der Waals surface area contributed by atoms with Crippen LogP contribution in [0.5, 0.6) is 5.75 Å². The van der Waals surface area contributed by atoms with E-state index in [1.165, 1.54) is 19.3 Å². The normalized spacial score (nSPS) is 28.1. The first kappa shape index (κ1) is 21.2. The Morgan fingerprint density at radius 1 is 0.971 bits per heavy atom. The van der Waals surface area contributed by atoms with E-state index in [0.717, 1.165) is 24.8 Å². The first-order valence-electron chi connectivity index (χ1n) is 12.2. The van der Waals surface area contributed by atoms with Gasteiger partial charge in [-0.2, -0.15) is 0 Å². The highest BCUT2D eigenvalue weighted by Crippen LogP contribution is 2.55. The molecule has 1 aromatic heterocycles. The molecular weight excluding hydrogens is 430 g/mol. The van der Waals surface area contributed by atoms with Crippen molar-refractivity contribution in [2.24, 2.45) is 17.8 Å². The monoisotopic (exact) mass is 459 g/mol. The van der Waals surface area contributed by atoms with Crippen LogP contribution in [0.1, 0.15) is 45.4 Å². The Kier molecular flexibility index (Phi) is 4.90. The lowest BCUT2D eigenvalue weighted by molar-refractivity contribution is -0.126. The number of aromatic amines is 1. The van der Waals surface area contributed by atoms with Gasteiger partial charge >= 0.3 is 6.03 Å². The maximum atomic E-state index is 12.9. The number of H-pyrrole nitrogens is 1. The van der Waals surface area contributed by atoms with Gasteiger partial charge in [-0.05, 0) is 93.5 Å². The molecule has 0 saturated heterocycles. The first-order chi connectivity index (χ1) is 16.4. The number of amides is 3. The number of benzene rings is 2. The molecule has 7 rings (SSSR count). The second-order valence-corrected chi connectivity index (χ2v) is 10.6. The largest absolute Gasteiger partial charge is 0.481 e. The summed E-state index contributed by atoms with van der Waals surface area (Å²) >= 11 is 0. The summed E-state index contributed by atoms with van der Waals surface area (Å²) in [5.41, 5.74) is 1.21. The fraction of sp³-hybridized carbons (Fsp3) is 0.444. The Bertz CT molecular complexity index is 1330. The number of urea groups is 1. The van der Waals surface area contributed by atoms with Gasteiger partial charge in [0.2, 0.25) is 0 Å². The summed E-state index contributed by atoms with van der Waals surface area (Å²) in [5.74, 6) is 2.01. The maximum absolute atomic E-state index is 12.9. The van der Waals surface area contributed by atoms with Gasteiger partial charge in [-0.1, -0.05) is 12.1 Å². The molecule has 7 heteroatoms. The number of fused-ring (bicyclic) bond motifs is 2. The number of ether oxygens (including phenoxy) is 1. The van der Waals surface area contributed by atoms with Crippen molar-refractivity contribution in [2.45, 2.75) is 57.1 Å². The Morgan fingerprint density at radius 2 is 1.62 bits per heavy atom. The maximum Gasteiger partial charge on any atom is 0.321 e. The predicted molar refractivity (Wildman–Crippen MR) is 130 cm³/mol. The lowest BCUT2D eigenvalue weighted by atomic mass is 9.53. The van der Waals surface area contributed by atoms with E-state index in [0.29, 0.717) is 39.8 Å². The number of rotatable bonds is 4. The molecule has 4 saturated carbocycles. The van der Waals surface area contributed by atoms with E-state index in [2.05, 4.69) is 15.6 Å². The lowest BCUT2D eigenvalue weighted by Crippen LogP contribution is -2.62. The van der Waals surface area contributed by atoms with Crippen molar-refractivity contribution < 1.29 is 14.3 Å². The van der Waals surface area contributed by atoms with Gasteiger partial charge < -0.3 is 15.0 Å². The van der Waals surface area contributed by atoms with Crippen LogP contribution in [0.4, 0.5) is 4.79 Å². The second kappa shape index (κ2) is 7.86. The minimum absolute atomic E-state index is 0.0955. The molecule has 1 heterocycles. The van der Waals surface area contributed by atoms with Gasteiger partial charge in [-0.15, -0.1) is 0 Å². The van der Waals surface area contributed by atoms with Gasteiger partial charge in [0, 0.05) is 21.8 Å². The van der Waals surface area contributed by atoms with Gasteiger partial charge in [0.15, 0.2) is 11.5 Å². The van der Waals surface area contributed by atoms with Crippen LogP contribution < -0.4 is 20.8 Å². The highest BCUT2D eigenvalue weighted by atomic mass is 16.5. The molecule has 7 nitrogen and oxygen atoms in total. The zero-order valence-electron chi connectivity index (χ0n) is 19.2. The average Bonchev–Trinajstić information content (AvgIpc) is 2.78. The van der Waals surface area contributed by atoms with E-state index in [4.69, 9.17) is 4.74 Å². The van der Waals surface area contributed by atoms with Gasteiger partial charge in [-0.3, -0.25) is 14.9 Å². The minimum atomic E-state index is -0.890. The Morgan fingerprint density at radius 3 is 2.32 bits per heavy atom. The summed E-state index contributed by atoms with van der Waals surface area (Å²) in [5, 5.41) is 6.70. The van der Waals surface area contributed by atoms with Crippen LogP contribution in [0, 0.1) is 17.8 Å². The standard InChI is InChI=1S/C27H29N3O4/c1-15(25(32)29-26(33)30-27-12-16-8-17(13-27)10-18(9-16)14-27)34-19-6-7-23-21(11-19)24(31)20-4-2-3-5-22(20)28-23/h2-7,11,15-18H,8-10,12-14H2,1H3,(H,28,31)(H2,29,30,32,33)/t15-,16?,17?,18?,27?/m0/s1. The molecule has 0 unspecified atom stereocenters. The Balaban J connectivity index is 1.13. The minimum Gasteiger partial charge on any atom is -0.481 e. The van der Waals surface area contributed by atoms with E-state index < -0.39 is 18.0 Å². The van der Waals surface area contributed by atoms with E-state index in [1.807, 2.05) is 18.2 Å². The molecule has 34 heavy (non-hydrogen) atoms. The van der Waals surface area contributed by atoms with Crippen molar-refractivity contribution in [3.05, 3.63) is 52.7 Å². The summed E-state index contributed by atoms with van der Waals surface area (Å²) in [6, 6.07) is 12.0. The molecule has 4 aliphatic rings. The number of imide groups is 1. The van der Waals surface area contributed by atoms with Crippen molar-refractivity contribution in [3.8, 4) is 5.75 Å². The van der Waals surface area contributed by atoms with Gasteiger partial charge in [0.25, 0.3) is 5.91 Å². The van der Waals surface area contributed by atoms with Crippen LogP contribution in [-0.2, 0) is 4.79 Å². The number of aromatic nitrogens is 1. The highest BCUT2D eigenvalue weighted by molar-refractivity contribution is 5.97. The van der Waals surface area contributed by atoms with E-state index >= 15 is 0 Å². The van der Waals surface area contributed by atoms with Crippen LogP contribution in [0.15, 0.2) is 47.3 Å². The van der Waals surface area contributed by atoms with Crippen molar-refractivity contribution in [1.82, 2.24) is 15.6 Å². The summed E-state index contributed by atoms with van der Waals surface area (Å²) in [7, 11) is 0. The van der Waals surface area contributed by atoms with Crippen molar-refractivity contribution in [2.75, 3.05) is 0 Å². The molecule has 2 aromatic carbocycles. The number of hydrogen-bond acceptors (Lipinski definition) is 4. The lowest BCUT2D eigenvalue weighted by Gasteiger charge is -2.56. The smallest absolute Gasteiger partial charge is 0.321 e. The number of hydrogen-bond donors (Lipinski definition) is 3. The molecule has 176 valence electrons. The summed E-state index contributed by atoms with van der Waals surface area (Å²) in [6.07, 6.45) is 6.04. The zero-order valence-corrected chi connectivity index (χ0v) is 19.2. The summed E-state index contributed by atoms with van der Waals surface area (Å²) in [6.45, 7) is 1.60. The molecule has 0 aliphatic heterocycles. The van der Waals surface area contributed by atoms with Crippen LogP contribution in [-0.4, -0.2) is 28.6 Å². The number of nitrogens with one attached hydrogen (secondary N) is 3. The fourth-order valence-electron chi connectivity index (χ4n) is 6.98. The number of pyridine rings is 1. The van der Waals surface area contributed by atoms with Gasteiger partial charge in [0.05, 0.1) is 5.52 Å². The molecule has 4 aliphatic carbocycles. The zero-order chi connectivity index (χ0) is 23.4. The fourth-order valence-corrected chi connectivity index (χ4v) is 6.98. The molecule has 3 aromatic rings. The van der Waals surface area contributed by atoms with E-state index in [1.54, 1.807) is 31.2 Å². The molecule has 0 radical (unpaired) electrons. The Hall–Kier alpha value is -3.35. The SMILES string of the molecule is C[C@H](Oc1ccc2[nH]c3ccccc3c(=O)c2c1)C(=O)NC(=O)NC12CC3CC(CC(C3)C1)C2. The first-order valence-corrected chi connectivity index (χ1v) is 12.2. The van der Waals surface area contributed by atoms with Crippen LogP contribution in [0.2, 0.25) is 0 Å². The molecule has 1 atom stereocenters. The van der Waals surface area contributed by atoms with Crippen LogP contribution in [0.3, 0.4) is 0 Å². The van der Waals surface area contributed by atoms with Crippen molar-refractivity contribution in [1.29, 1.82) is 0 Å². The number of carbonyl (C=O) groups is 2. The van der Waals surface area contributed by atoms with Gasteiger partial charge in [-0.25, -0.2) is 4.79 Å². The molecule has 4 fully saturated rings. The second-order valence-electron chi connectivity index (χ2n) is 10.6. The predicted octanol–water partition coefficient (Wildman–Crippen LogP) is 4.24. The topological polar surface area (TPSA) is 100 Å². The summed E-state index contributed by atoms with van der Waals surface area (Å²) < 4.78 is 5.80. The van der Waals surface area contributed by atoms with Crippen LogP contribution >= 0.6 is 0 Å². The van der Waals surface area contributed by atoms with E-state index in [-0.39, 0.29) is 11.0 Å². The third-order valence-electron chi connectivity index (χ3n) is 8.01. The Labute approximate surface area is 197 Å². The van der Waals surface area contributed by atoms with Crippen LogP contribution in [0.25, 0.3) is 21.8 Å². The molecule has 4 bridgehead atoms.